The van der Waals surface area contributed by atoms with Gasteiger partial charge in [0.15, 0.2) is 0 Å². The molecule has 0 saturated carbocycles. The van der Waals surface area contributed by atoms with Crippen LogP contribution in [0.2, 0.25) is 0 Å². The maximum absolute atomic E-state index is 12.1. The highest BCUT2D eigenvalue weighted by Gasteiger charge is 2.23. The summed E-state index contributed by atoms with van der Waals surface area (Å²) in [6.07, 6.45) is 4.05. The predicted octanol–water partition coefficient (Wildman–Crippen LogP) is -0.259. The first kappa shape index (κ1) is 21.7. The molecule has 0 aliphatic rings. The molecule has 1 atom stereocenters. The van der Waals surface area contributed by atoms with Crippen LogP contribution in [0.15, 0.2) is 0 Å². The number of amides is 4. The molecule has 4 amide bonds. The number of ether oxygens (including phenoxy) is 1. The van der Waals surface area contributed by atoms with Crippen molar-refractivity contribution >= 4 is 23.8 Å². The molecule has 0 spiro atoms. The van der Waals surface area contributed by atoms with E-state index in [-0.39, 0.29) is 6.54 Å². The molecule has 0 rings (SSSR count). The first-order chi connectivity index (χ1) is 11.3. The van der Waals surface area contributed by atoms with Crippen molar-refractivity contribution in [3.8, 4) is 0 Å². The molecule has 0 fully saturated rings. The third-order valence-corrected chi connectivity index (χ3v) is 3.22. The number of carbonyl (C=O) groups excluding carboxylic acids is 4. The lowest BCUT2D eigenvalue weighted by molar-refractivity contribution is -0.142. The molecule has 4 N–H and O–H groups in total. The lowest BCUT2D eigenvalue weighted by Gasteiger charge is -2.22. The largest absolute Gasteiger partial charge is 0.467 e. The van der Waals surface area contributed by atoms with Gasteiger partial charge in [0.2, 0.25) is 11.8 Å². The minimum atomic E-state index is -0.907. The molecule has 0 aromatic rings. The maximum atomic E-state index is 12.1. The number of rotatable bonds is 11. The minimum Gasteiger partial charge on any atom is -0.467 e. The van der Waals surface area contributed by atoms with Crippen LogP contribution in [0, 0.1) is 0 Å². The summed E-state index contributed by atoms with van der Waals surface area (Å²) in [6.45, 7) is 3.27. The summed E-state index contributed by atoms with van der Waals surface area (Å²) < 4.78 is 4.50. The summed E-state index contributed by atoms with van der Waals surface area (Å²) >= 11 is 0. The van der Waals surface area contributed by atoms with E-state index >= 15 is 0 Å². The van der Waals surface area contributed by atoms with Crippen LogP contribution in [0.4, 0.5) is 4.79 Å². The Bertz CT molecular complexity index is 442. The number of hydrogen-bond donors (Lipinski definition) is 3. The smallest absolute Gasteiger partial charge is 0.328 e. The van der Waals surface area contributed by atoms with Gasteiger partial charge in [-0.3, -0.25) is 9.59 Å². The second-order valence-corrected chi connectivity index (χ2v) is 5.43. The topological polar surface area (TPSA) is 131 Å². The number of primary amides is 1. The van der Waals surface area contributed by atoms with Crippen LogP contribution in [-0.2, 0) is 19.1 Å². The summed E-state index contributed by atoms with van der Waals surface area (Å²) in [6, 6.07) is -1.65. The zero-order chi connectivity index (χ0) is 18.5. The van der Waals surface area contributed by atoms with Crippen LogP contribution < -0.4 is 16.4 Å². The molecule has 0 aliphatic heterocycles. The van der Waals surface area contributed by atoms with E-state index < -0.39 is 36.4 Å². The van der Waals surface area contributed by atoms with E-state index in [4.69, 9.17) is 5.73 Å². The molecular formula is C15H28N4O5. The van der Waals surface area contributed by atoms with E-state index in [9.17, 15) is 19.2 Å². The van der Waals surface area contributed by atoms with Gasteiger partial charge in [0, 0.05) is 6.54 Å². The molecule has 0 bridgehead atoms. The molecule has 0 saturated heterocycles. The van der Waals surface area contributed by atoms with Crippen molar-refractivity contribution in [1.82, 2.24) is 15.5 Å². The highest BCUT2D eigenvalue weighted by molar-refractivity contribution is 5.89. The Morgan fingerprint density at radius 1 is 1.12 bits per heavy atom. The van der Waals surface area contributed by atoms with Crippen molar-refractivity contribution in [3.63, 3.8) is 0 Å². The molecule has 24 heavy (non-hydrogen) atoms. The number of methoxy groups -OCH3 is 1. The zero-order valence-corrected chi connectivity index (χ0v) is 14.6. The summed E-state index contributed by atoms with van der Waals surface area (Å²) in [5, 5.41) is 5.03. The van der Waals surface area contributed by atoms with Crippen LogP contribution in [0.3, 0.4) is 0 Å². The molecule has 0 aliphatic carbocycles. The number of nitrogens with one attached hydrogen (secondary N) is 2. The Labute approximate surface area is 142 Å². The fourth-order valence-electron chi connectivity index (χ4n) is 1.91. The van der Waals surface area contributed by atoms with Crippen LogP contribution in [-0.4, -0.2) is 61.5 Å². The summed E-state index contributed by atoms with van der Waals surface area (Å²) in [5.74, 6) is -1.79. The number of carbonyl (C=O) groups is 4. The molecule has 0 unspecified atom stereocenters. The Kier molecular flexibility index (Phi) is 11.0. The van der Waals surface area contributed by atoms with Crippen molar-refractivity contribution in [2.45, 2.75) is 45.6 Å². The number of nitrogens with two attached hydrogens (primary N) is 1. The second kappa shape index (κ2) is 12.1. The van der Waals surface area contributed by atoms with Crippen LogP contribution in [0.1, 0.15) is 39.5 Å². The van der Waals surface area contributed by atoms with Gasteiger partial charge in [-0.1, -0.05) is 26.2 Å². The van der Waals surface area contributed by atoms with Crippen molar-refractivity contribution in [2.75, 3.05) is 26.7 Å². The number of urea groups is 1. The molecular weight excluding hydrogens is 316 g/mol. The van der Waals surface area contributed by atoms with E-state index in [0.717, 1.165) is 30.6 Å². The molecule has 0 radical (unpaired) electrons. The van der Waals surface area contributed by atoms with Gasteiger partial charge in [-0.15, -0.1) is 0 Å². The number of esters is 1. The minimum absolute atomic E-state index is 0.323. The highest BCUT2D eigenvalue weighted by atomic mass is 16.5. The first-order valence-corrected chi connectivity index (χ1v) is 8.00. The second-order valence-electron chi connectivity index (χ2n) is 5.43. The van der Waals surface area contributed by atoms with Gasteiger partial charge in [-0.2, -0.15) is 0 Å². The van der Waals surface area contributed by atoms with E-state index in [0.29, 0.717) is 6.54 Å². The van der Waals surface area contributed by atoms with Crippen LogP contribution >= 0.6 is 0 Å². The van der Waals surface area contributed by atoms with Crippen molar-refractivity contribution < 1.29 is 23.9 Å². The summed E-state index contributed by atoms with van der Waals surface area (Å²) in [4.78, 5) is 47.3. The first-order valence-electron chi connectivity index (χ1n) is 8.00. The normalized spacial score (nSPS) is 11.3. The fourth-order valence-corrected chi connectivity index (χ4v) is 1.91. The van der Waals surface area contributed by atoms with E-state index in [1.807, 2.05) is 0 Å². The summed E-state index contributed by atoms with van der Waals surface area (Å²) in [7, 11) is 1.19. The standard InChI is InChI=1S/C15H28N4O5/c1-4-5-6-7-8-17-13(21)10-19(9-12(16)20)15(23)18-11(2)14(22)24-3/h11H,4-10H2,1-3H3,(H2,16,20)(H,17,21)(H,18,23)/t11-/m0/s1. The molecule has 0 aromatic carbocycles. The molecule has 9 nitrogen and oxygen atoms in total. The highest BCUT2D eigenvalue weighted by Crippen LogP contribution is 1.97. The van der Waals surface area contributed by atoms with Gasteiger partial charge < -0.3 is 26.0 Å². The van der Waals surface area contributed by atoms with Crippen LogP contribution in [0.25, 0.3) is 0 Å². The van der Waals surface area contributed by atoms with Crippen molar-refractivity contribution in [3.05, 3.63) is 0 Å². The Morgan fingerprint density at radius 2 is 1.79 bits per heavy atom. The molecule has 0 heterocycles. The predicted molar refractivity (Wildman–Crippen MR) is 87.9 cm³/mol. The zero-order valence-electron chi connectivity index (χ0n) is 14.6. The quantitative estimate of drug-likeness (QED) is 0.351. The lowest BCUT2D eigenvalue weighted by atomic mass is 10.2. The van der Waals surface area contributed by atoms with E-state index in [1.165, 1.54) is 14.0 Å². The van der Waals surface area contributed by atoms with Gasteiger partial charge in [-0.05, 0) is 13.3 Å². The molecule has 0 aromatic heterocycles. The number of unbranched alkanes of at least 4 members (excludes halogenated alkanes) is 3. The van der Waals surface area contributed by atoms with E-state index in [1.54, 1.807) is 0 Å². The Balaban J connectivity index is 4.48. The van der Waals surface area contributed by atoms with E-state index in [2.05, 4.69) is 22.3 Å². The summed E-state index contributed by atoms with van der Waals surface area (Å²) in [5.41, 5.74) is 5.09. The monoisotopic (exact) mass is 344 g/mol. The van der Waals surface area contributed by atoms with Crippen LogP contribution in [0.5, 0.6) is 0 Å². The average molecular weight is 344 g/mol. The fraction of sp³-hybridized carbons (Fsp3) is 0.733. The lowest BCUT2D eigenvalue weighted by Crippen LogP contribution is -2.52. The molecule has 138 valence electrons. The third-order valence-electron chi connectivity index (χ3n) is 3.22. The Hall–Kier alpha value is -2.32. The number of hydrogen-bond acceptors (Lipinski definition) is 5. The number of nitrogens with zero attached hydrogens (tertiary/aromatic N) is 1. The van der Waals surface area contributed by atoms with Gasteiger partial charge >= 0.3 is 12.0 Å². The van der Waals surface area contributed by atoms with Gasteiger partial charge in [0.05, 0.1) is 7.11 Å². The van der Waals surface area contributed by atoms with Gasteiger partial charge in [-0.25, -0.2) is 9.59 Å². The van der Waals surface area contributed by atoms with Gasteiger partial charge in [0.25, 0.3) is 0 Å². The van der Waals surface area contributed by atoms with Crippen molar-refractivity contribution in [2.24, 2.45) is 5.73 Å². The maximum Gasteiger partial charge on any atom is 0.328 e. The average Bonchev–Trinajstić information content (AvgIpc) is 2.52. The van der Waals surface area contributed by atoms with Gasteiger partial charge in [0.1, 0.15) is 19.1 Å². The van der Waals surface area contributed by atoms with Crippen molar-refractivity contribution in [1.29, 1.82) is 0 Å². The SMILES string of the molecule is CCCCCCNC(=O)CN(CC(N)=O)C(=O)N[C@@H](C)C(=O)OC. The third kappa shape index (κ3) is 9.65. The Morgan fingerprint density at radius 3 is 2.33 bits per heavy atom. The molecule has 9 heteroatoms.